The summed E-state index contributed by atoms with van der Waals surface area (Å²) >= 11 is 0. The van der Waals surface area contributed by atoms with Gasteiger partial charge in [-0.15, -0.1) is 0 Å². The predicted octanol–water partition coefficient (Wildman–Crippen LogP) is 2.29. The van der Waals surface area contributed by atoms with Crippen LogP contribution in [0.2, 0.25) is 0 Å². The Morgan fingerprint density at radius 2 is 2.03 bits per heavy atom. The minimum Gasteiger partial charge on any atom is -0.355 e. The first kappa shape index (κ1) is 19.9. The number of carbonyl (C=O) groups is 2. The average Bonchev–Trinajstić information content (AvgIpc) is 3.76. The van der Waals surface area contributed by atoms with Crippen LogP contribution in [-0.4, -0.2) is 50.5 Å². The molecule has 7 rings (SSSR count). The zero-order chi connectivity index (χ0) is 23.2. The van der Waals surface area contributed by atoms with Gasteiger partial charge in [-0.3, -0.25) is 9.59 Å². The maximum atomic E-state index is 13.1. The van der Waals surface area contributed by atoms with Gasteiger partial charge in [0.15, 0.2) is 17.0 Å². The van der Waals surface area contributed by atoms with Gasteiger partial charge in [-0.25, -0.2) is 15.0 Å². The highest BCUT2D eigenvalue weighted by molar-refractivity contribution is 6.08. The summed E-state index contributed by atoms with van der Waals surface area (Å²) in [6.45, 7) is 3.43. The van der Waals surface area contributed by atoms with Crippen LogP contribution in [0.4, 0.5) is 11.5 Å². The van der Waals surface area contributed by atoms with Gasteiger partial charge in [0.2, 0.25) is 11.7 Å². The van der Waals surface area contributed by atoms with E-state index in [9.17, 15) is 9.59 Å². The second-order valence-electron chi connectivity index (χ2n) is 10.3. The number of aromatic nitrogens is 4. The topological polar surface area (TPSA) is 105 Å². The lowest BCUT2D eigenvalue weighted by Gasteiger charge is -2.38. The summed E-state index contributed by atoms with van der Waals surface area (Å²) in [5.41, 5.74) is 5.66. The minimum absolute atomic E-state index is 0.122. The molecule has 9 heteroatoms. The molecule has 2 amide bonds. The van der Waals surface area contributed by atoms with Gasteiger partial charge in [0.25, 0.3) is 5.91 Å². The van der Waals surface area contributed by atoms with Gasteiger partial charge in [-0.05, 0) is 55.2 Å². The van der Waals surface area contributed by atoms with E-state index in [0.29, 0.717) is 36.0 Å². The van der Waals surface area contributed by atoms with Crippen LogP contribution in [0.15, 0.2) is 18.5 Å². The molecule has 1 saturated carbocycles. The van der Waals surface area contributed by atoms with Gasteiger partial charge in [0, 0.05) is 38.3 Å². The Balaban J connectivity index is 1.17. The summed E-state index contributed by atoms with van der Waals surface area (Å²) in [5.74, 6) is 1.59. The first-order chi connectivity index (χ1) is 16.5. The lowest BCUT2D eigenvalue weighted by molar-refractivity contribution is -0.121. The number of nitrogens with one attached hydrogen (secondary N) is 2. The second kappa shape index (κ2) is 6.77. The predicted molar refractivity (Wildman–Crippen MR) is 127 cm³/mol. The van der Waals surface area contributed by atoms with Crippen LogP contribution in [0.3, 0.4) is 0 Å². The highest BCUT2D eigenvalue weighted by Crippen LogP contribution is 2.51. The van der Waals surface area contributed by atoms with E-state index in [-0.39, 0.29) is 17.9 Å². The molecule has 1 saturated heterocycles. The Hall–Kier alpha value is -3.49. The third kappa shape index (κ3) is 2.75. The standard InChI is InChI=1S/C25H27N7O2/c1-13(14-3-4-14)28-23(33)22-29-19-20(31(22)2)26-12-27-21(19)32-9-7-25(8-10-32)17-6-5-15-11-16(15)18(17)30-24(25)34/h5-6,12-14H,3-4,7-11H2,1-2H3,(H,28,33)(H,30,34). The Labute approximate surface area is 197 Å². The summed E-state index contributed by atoms with van der Waals surface area (Å²) in [5, 5.41) is 6.26. The third-order valence-electron chi connectivity index (χ3n) is 8.29. The molecule has 1 atom stereocenters. The molecule has 9 nitrogen and oxygen atoms in total. The lowest BCUT2D eigenvalue weighted by atomic mass is 9.73. The molecule has 3 aromatic rings. The molecule has 2 aromatic heterocycles. The van der Waals surface area contributed by atoms with E-state index < -0.39 is 5.41 Å². The van der Waals surface area contributed by atoms with E-state index in [1.807, 2.05) is 7.05 Å². The molecule has 2 fully saturated rings. The monoisotopic (exact) mass is 457 g/mol. The van der Waals surface area contributed by atoms with E-state index in [4.69, 9.17) is 0 Å². The van der Waals surface area contributed by atoms with E-state index in [1.165, 1.54) is 30.3 Å². The van der Waals surface area contributed by atoms with Crippen molar-refractivity contribution in [3.63, 3.8) is 0 Å². The number of hydrogen-bond donors (Lipinski definition) is 2. The second-order valence-corrected chi connectivity index (χ2v) is 10.3. The number of aryl methyl sites for hydroxylation is 1. The van der Waals surface area contributed by atoms with Crippen molar-refractivity contribution < 1.29 is 9.59 Å². The number of carbonyl (C=O) groups excluding carboxylic acids is 2. The number of fused-ring (bicyclic) bond motifs is 5. The Morgan fingerprint density at radius 3 is 2.79 bits per heavy atom. The highest BCUT2D eigenvalue weighted by Gasteiger charge is 2.50. The van der Waals surface area contributed by atoms with Crippen molar-refractivity contribution >= 4 is 34.5 Å². The summed E-state index contributed by atoms with van der Waals surface area (Å²) in [6, 6.07) is 4.45. The van der Waals surface area contributed by atoms with Crippen molar-refractivity contribution in [2.75, 3.05) is 23.3 Å². The SMILES string of the molecule is CC(NC(=O)c1nc2c(N3CCC4(CC3)C(=O)Nc3c4ccc4c3C4)ncnc2n1C)C1CC1. The molecule has 4 aliphatic rings. The lowest BCUT2D eigenvalue weighted by Crippen LogP contribution is -2.46. The Bertz CT molecular complexity index is 1380. The van der Waals surface area contributed by atoms with Gasteiger partial charge in [-0.1, -0.05) is 12.1 Å². The fraction of sp³-hybridized carbons (Fsp3) is 0.480. The normalized spacial score (nSPS) is 20.8. The van der Waals surface area contributed by atoms with Gasteiger partial charge in [-0.2, -0.15) is 0 Å². The summed E-state index contributed by atoms with van der Waals surface area (Å²) in [4.78, 5) is 41.8. The number of hydrogen-bond acceptors (Lipinski definition) is 6. The van der Waals surface area contributed by atoms with Crippen molar-refractivity contribution in [1.82, 2.24) is 24.8 Å². The first-order valence-electron chi connectivity index (χ1n) is 12.2. The van der Waals surface area contributed by atoms with E-state index in [1.54, 1.807) is 4.57 Å². The molecule has 0 bridgehead atoms. The number of imidazole rings is 1. The average molecular weight is 458 g/mol. The highest BCUT2D eigenvalue weighted by atomic mass is 16.2. The van der Waals surface area contributed by atoms with Crippen LogP contribution in [0, 0.1) is 5.92 Å². The number of amides is 2. The minimum atomic E-state index is -0.469. The van der Waals surface area contributed by atoms with Crippen LogP contribution in [0.1, 0.15) is 59.9 Å². The molecule has 2 aliphatic carbocycles. The Morgan fingerprint density at radius 1 is 1.24 bits per heavy atom. The molecule has 2 N–H and O–H groups in total. The van der Waals surface area contributed by atoms with Crippen LogP contribution in [-0.2, 0) is 23.7 Å². The molecule has 2 aliphatic heterocycles. The van der Waals surface area contributed by atoms with E-state index in [0.717, 1.165) is 36.3 Å². The summed E-state index contributed by atoms with van der Waals surface area (Å²) in [6.07, 6.45) is 6.30. The van der Waals surface area contributed by atoms with Crippen LogP contribution >= 0.6 is 0 Å². The molecular weight excluding hydrogens is 430 g/mol. The Kier molecular flexibility index (Phi) is 3.97. The summed E-state index contributed by atoms with van der Waals surface area (Å²) in [7, 11) is 1.82. The number of nitrogens with zero attached hydrogens (tertiary/aromatic N) is 5. The molecule has 34 heavy (non-hydrogen) atoms. The molecule has 1 spiro atoms. The molecule has 1 unspecified atom stereocenters. The van der Waals surface area contributed by atoms with Gasteiger partial charge in [0.05, 0.1) is 5.41 Å². The fourth-order valence-electron chi connectivity index (χ4n) is 5.89. The van der Waals surface area contributed by atoms with Gasteiger partial charge in [0.1, 0.15) is 6.33 Å². The van der Waals surface area contributed by atoms with Crippen LogP contribution in [0.5, 0.6) is 0 Å². The third-order valence-corrected chi connectivity index (χ3v) is 8.29. The molecule has 174 valence electrons. The largest absolute Gasteiger partial charge is 0.355 e. The van der Waals surface area contributed by atoms with Crippen molar-refractivity contribution in [1.29, 1.82) is 0 Å². The fourth-order valence-corrected chi connectivity index (χ4v) is 5.89. The van der Waals surface area contributed by atoms with Gasteiger partial charge >= 0.3 is 0 Å². The maximum absolute atomic E-state index is 13.1. The van der Waals surface area contributed by atoms with Crippen molar-refractivity contribution in [2.45, 2.75) is 50.5 Å². The number of anilines is 2. The van der Waals surface area contributed by atoms with Crippen molar-refractivity contribution in [3.8, 4) is 0 Å². The zero-order valence-electron chi connectivity index (χ0n) is 19.4. The molecule has 4 heterocycles. The molecular formula is C25H27N7O2. The molecule has 1 aromatic carbocycles. The quantitative estimate of drug-likeness (QED) is 0.487. The van der Waals surface area contributed by atoms with E-state index >= 15 is 0 Å². The van der Waals surface area contributed by atoms with E-state index in [2.05, 4.69) is 49.5 Å². The number of piperidine rings is 1. The molecule has 0 radical (unpaired) electrons. The number of rotatable bonds is 4. The van der Waals surface area contributed by atoms with Crippen molar-refractivity contribution in [3.05, 3.63) is 41.0 Å². The van der Waals surface area contributed by atoms with Gasteiger partial charge < -0.3 is 20.1 Å². The smallest absolute Gasteiger partial charge is 0.287 e. The maximum Gasteiger partial charge on any atom is 0.287 e. The summed E-state index contributed by atoms with van der Waals surface area (Å²) < 4.78 is 1.75. The van der Waals surface area contributed by atoms with Crippen molar-refractivity contribution in [2.24, 2.45) is 13.0 Å². The number of benzene rings is 1. The van der Waals surface area contributed by atoms with Crippen LogP contribution < -0.4 is 15.5 Å². The first-order valence-corrected chi connectivity index (χ1v) is 12.2. The van der Waals surface area contributed by atoms with Crippen LogP contribution in [0.25, 0.3) is 11.2 Å². The zero-order valence-corrected chi connectivity index (χ0v) is 19.4.